The zero-order chi connectivity index (χ0) is 20.7. The molecule has 4 aromatic rings. The molecule has 0 spiro atoms. The molecule has 1 aliphatic heterocycles. The maximum Gasteiger partial charge on any atom is 0.159 e. The predicted molar refractivity (Wildman–Crippen MR) is 116 cm³/mol. The van der Waals surface area contributed by atoms with E-state index in [1.807, 2.05) is 12.1 Å². The van der Waals surface area contributed by atoms with Gasteiger partial charge < -0.3 is 19.5 Å². The number of rotatable bonds is 4. The third kappa shape index (κ3) is 3.38. The zero-order valence-electron chi connectivity index (χ0n) is 17.0. The van der Waals surface area contributed by atoms with Crippen LogP contribution in [0.2, 0.25) is 0 Å². The molecule has 2 aromatic heterocycles. The molecule has 1 saturated heterocycles. The lowest BCUT2D eigenvalue weighted by Gasteiger charge is -2.35. The van der Waals surface area contributed by atoms with Crippen LogP contribution in [0.1, 0.15) is 5.56 Å². The first-order valence-electron chi connectivity index (χ1n) is 10.0. The number of aromatic amines is 2. The van der Waals surface area contributed by atoms with Gasteiger partial charge in [-0.1, -0.05) is 0 Å². The van der Waals surface area contributed by atoms with Crippen LogP contribution in [0.5, 0.6) is 0 Å². The number of nitrogens with zero attached hydrogens (tertiary/aromatic N) is 5. The number of aromatic nitrogens is 4. The van der Waals surface area contributed by atoms with E-state index in [4.69, 9.17) is 15.0 Å². The number of hydrogen-bond donors (Lipinski definition) is 2. The normalized spacial score (nSPS) is 17.1. The van der Waals surface area contributed by atoms with Crippen LogP contribution in [0.15, 0.2) is 36.4 Å². The Labute approximate surface area is 174 Å². The summed E-state index contributed by atoms with van der Waals surface area (Å²) in [5, 5.41) is 17.5. The first-order valence-corrected chi connectivity index (χ1v) is 10.0. The summed E-state index contributed by atoms with van der Waals surface area (Å²) >= 11 is 0. The van der Waals surface area contributed by atoms with Gasteiger partial charge >= 0.3 is 0 Å². The molecule has 30 heavy (non-hydrogen) atoms. The maximum absolute atomic E-state index is 9.09. The number of hydrogen-bond acceptors (Lipinski definition) is 6. The highest BCUT2D eigenvalue weighted by atomic mass is 16.5. The standard InChI is InChI=1S/C22H23N7O/c1-28(2)12-16-13-29(7-8-30-16)15-4-6-18-20(10-15)25-22(24-18)21-17-5-3-14(11-23)9-19(17)26-27-21/h3-6,9-10,16H,7-8,12-13H2,1-2H3,(H,24,25)(H,26,27). The lowest BCUT2D eigenvalue weighted by atomic mass is 10.1. The molecule has 0 amide bonds. The van der Waals surface area contributed by atoms with E-state index >= 15 is 0 Å². The van der Waals surface area contributed by atoms with Gasteiger partial charge in [0.05, 0.1) is 40.9 Å². The van der Waals surface area contributed by atoms with E-state index in [1.165, 1.54) is 0 Å². The molecular formula is C22H23N7O. The Bertz CT molecular complexity index is 1250. The maximum atomic E-state index is 9.09. The average Bonchev–Trinajstić information content (AvgIpc) is 3.36. The van der Waals surface area contributed by atoms with E-state index in [0.717, 1.165) is 59.6 Å². The number of anilines is 1. The third-order valence-electron chi connectivity index (χ3n) is 5.45. The highest BCUT2D eigenvalue weighted by molar-refractivity contribution is 5.94. The second-order valence-corrected chi connectivity index (χ2v) is 7.93. The van der Waals surface area contributed by atoms with E-state index in [1.54, 1.807) is 12.1 Å². The summed E-state index contributed by atoms with van der Waals surface area (Å²) in [6.45, 7) is 3.39. The van der Waals surface area contributed by atoms with E-state index in [-0.39, 0.29) is 6.10 Å². The van der Waals surface area contributed by atoms with Gasteiger partial charge in [-0.3, -0.25) is 5.10 Å². The lowest BCUT2D eigenvalue weighted by molar-refractivity contribution is 0.0248. The fourth-order valence-electron chi connectivity index (χ4n) is 4.05. The summed E-state index contributed by atoms with van der Waals surface area (Å²) in [5.74, 6) is 0.713. The number of morpholine rings is 1. The zero-order valence-corrected chi connectivity index (χ0v) is 17.0. The summed E-state index contributed by atoms with van der Waals surface area (Å²) in [4.78, 5) is 12.7. The quantitative estimate of drug-likeness (QED) is 0.546. The monoisotopic (exact) mass is 401 g/mol. The van der Waals surface area contributed by atoms with Gasteiger partial charge in [-0.2, -0.15) is 10.4 Å². The molecular weight excluding hydrogens is 378 g/mol. The van der Waals surface area contributed by atoms with Crippen molar-refractivity contribution in [2.24, 2.45) is 0 Å². The predicted octanol–water partition coefficient (Wildman–Crippen LogP) is 2.74. The topological polar surface area (TPSA) is 96.9 Å². The number of likely N-dealkylation sites (N-methyl/N-ethyl adjacent to an activating group) is 1. The van der Waals surface area contributed by atoms with Crippen molar-refractivity contribution in [2.45, 2.75) is 6.10 Å². The molecule has 152 valence electrons. The van der Waals surface area contributed by atoms with Crippen LogP contribution in [0.4, 0.5) is 5.69 Å². The van der Waals surface area contributed by atoms with Gasteiger partial charge in [0.25, 0.3) is 0 Å². The minimum atomic E-state index is 0.204. The number of nitriles is 1. The van der Waals surface area contributed by atoms with Crippen LogP contribution in [-0.2, 0) is 4.74 Å². The Morgan fingerprint density at radius 3 is 2.97 bits per heavy atom. The lowest BCUT2D eigenvalue weighted by Crippen LogP contribution is -2.46. The van der Waals surface area contributed by atoms with Crippen LogP contribution in [0.3, 0.4) is 0 Å². The number of ether oxygens (including phenoxy) is 1. The molecule has 1 fully saturated rings. The van der Waals surface area contributed by atoms with Crippen molar-refractivity contribution < 1.29 is 4.74 Å². The molecule has 0 aliphatic carbocycles. The van der Waals surface area contributed by atoms with Crippen LogP contribution in [0, 0.1) is 11.3 Å². The van der Waals surface area contributed by atoms with Crippen LogP contribution in [0.25, 0.3) is 33.5 Å². The fourth-order valence-corrected chi connectivity index (χ4v) is 4.05. The number of nitrogens with one attached hydrogen (secondary N) is 2. The van der Waals surface area contributed by atoms with Crippen molar-refractivity contribution in [3.63, 3.8) is 0 Å². The van der Waals surface area contributed by atoms with Gasteiger partial charge in [-0.05, 0) is 50.5 Å². The first-order chi connectivity index (χ1) is 14.6. The molecule has 8 nitrogen and oxygen atoms in total. The molecule has 5 rings (SSSR count). The van der Waals surface area contributed by atoms with Crippen LogP contribution >= 0.6 is 0 Å². The molecule has 8 heteroatoms. The number of benzene rings is 2. The highest BCUT2D eigenvalue weighted by Crippen LogP contribution is 2.29. The van der Waals surface area contributed by atoms with Gasteiger partial charge in [-0.25, -0.2) is 4.98 Å². The van der Waals surface area contributed by atoms with Crippen molar-refractivity contribution >= 4 is 27.6 Å². The molecule has 0 radical (unpaired) electrons. The summed E-state index contributed by atoms with van der Waals surface area (Å²) in [5.41, 5.74) is 5.22. The molecule has 3 heterocycles. The van der Waals surface area contributed by atoms with Crippen molar-refractivity contribution in [1.82, 2.24) is 25.1 Å². The highest BCUT2D eigenvalue weighted by Gasteiger charge is 2.22. The number of fused-ring (bicyclic) bond motifs is 2. The first kappa shape index (κ1) is 18.6. The van der Waals surface area contributed by atoms with Gasteiger partial charge in [0, 0.05) is 30.7 Å². The van der Waals surface area contributed by atoms with Gasteiger partial charge in [0.15, 0.2) is 5.82 Å². The van der Waals surface area contributed by atoms with E-state index in [2.05, 4.69) is 57.3 Å². The fraction of sp³-hybridized carbons (Fsp3) is 0.318. The molecule has 2 N–H and O–H groups in total. The molecule has 1 aliphatic rings. The molecule has 0 bridgehead atoms. The van der Waals surface area contributed by atoms with Gasteiger partial charge in [0.1, 0.15) is 5.69 Å². The van der Waals surface area contributed by atoms with Gasteiger partial charge in [-0.15, -0.1) is 0 Å². The Kier molecular flexibility index (Phi) is 4.62. The minimum absolute atomic E-state index is 0.204. The largest absolute Gasteiger partial charge is 0.373 e. The minimum Gasteiger partial charge on any atom is -0.373 e. The second-order valence-electron chi connectivity index (χ2n) is 7.93. The smallest absolute Gasteiger partial charge is 0.159 e. The van der Waals surface area contributed by atoms with Crippen LogP contribution in [-0.4, -0.2) is 71.5 Å². The van der Waals surface area contributed by atoms with E-state index in [0.29, 0.717) is 11.4 Å². The van der Waals surface area contributed by atoms with Crippen molar-refractivity contribution in [1.29, 1.82) is 5.26 Å². The summed E-state index contributed by atoms with van der Waals surface area (Å²) < 4.78 is 5.90. The van der Waals surface area contributed by atoms with E-state index in [9.17, 15) is 0 Å². The number of imidazole rings is 1. The SMILES string of the molecule is CN(C)CC1CN(c2ccc3nc(-c4n[nH]c5cc(C#N)ccc45)[nH]c3c2)CCO1. The van der Waals surface area contributed by atoms with Gasteiger partial charge in [0.2, 0.25) is 0 Å². The molecule has 2 aromatic carbocycles. The Hall–Kier alpha value is -3.41. The Morgan fingerprint density at radius 1 is 1.23 bits per heavy atom. The molecule has 1 unspecified atom stereocenters. The average molecular weight is 401 g/mol. The number of H-pyrrole nitrogens is 2. The summed E-state index contributed by atoms with van der Waals surface area (Å²) in [6.07, 6.45) is 0.204. The molecule has 0 saturated carbocycles. The Morgan fingerprint density at radius 2 is 2.13 bits per heavy atom. The third-order valence-corrected chi connectivity index (χ3v) is 5.45. The second kappa shape index (κ2) is 7.44. The van der Waals surface area contributed by atoms with E-state index < -0.39 is 0 Å². The summed E-state index contributed by atoms with van der Waals surface area (Å²) in [6, 6.07) is 14.0. The van der Waals surface area contributed by atoms with Crippen molar-refractivity contribution in [2.75, 3.05) is 45.2 Å². The van der Waals surface area contributed by atoms with Crippen LogP contribution < -0.4 is 4.90 Å². The Balaban J connectivity index is 1.45. The molecule has 1 atom stereocenters. The van der Waals surface area contributed by atoms with Crippen molar-refractivity contribution in [3.05, 3.63) is 42.0 Å². The summed E-state index contributed by atoms with van der Waals surface area (Å²) in [7, 11) is 4.14. The van der Waals surface area contributed by atoms with Crippen molar-refractivity contribution in [3.8, 4) is 17.6 Å².